The number of hydrogen-bond donors (Lipinski definition) is 1. The summed E-state index contributed by atoms with van der Waals surface area (Å²) in [5, 5.41) is 12.0. The minimum absolute atomic E-state index is 0.265. The first kappa shape index (κ1) is 11.5. The summed E-state index contributed by atoms with van der Waals surface area (Å²) < 4.78 is 1.49. The van der Waals surface area contributed by atoms with Crippen molar-refractivity contribution in [1.29, 1.82) is 0 Å². The molecular formula is C11H8N6OS. The highest BCUT2D eigenvalue weighted by atomic mass is 32.1. The Labute approximate surface area is 111 Å². The van der Waals surface area contributed by atoms with Gasteiger partial charge in [-0.1, -0.05) is 5.21 Å². The van der Waals surface area contributed by atoms with E-state index in [1.807, 2.05) is 0 Å². The standard InChI is InChI=1S/C11H8N6OS/c18-11(15-9-6-19-7-13-9)10-8(2-1-3-12-10)17-5-4-14-16-17/h1-7H,(H,15,18). The molecule has 94 valence electrons. The molecule has 0 aliphatic carbocycles. The molecule has 19 heavy (non-hydrogen) atoms. The lowest BCUT2D eigenvalue weighted by Crippen LogP contribution is -2.17. The minimum Gasteiger partial charge on any atom is -0.304 e. The van der Waals surface area contributed by atoms with Crippen molar-refractivity contribution in [2.45, 2.75) is 0 Å². The van der Waals surface area contributed by atoms with E-state index in [9.17, 15) is 4.79 Å². The summed E-state index contributed by atoms with van der Waals surface area (Å²) in [4.78, 5) is 20.2. The van der Waals surface area contributed by atoms with Crippen LogP contribution < -0.4 is 5.32 Å². The second-order valence-corrected chi connectivity index (χ2v) is 4.27. The minimum atomic E-state index is -0.336. The Bertz CT molecular complexity index is 679. The normalized spacial score (nSPS) is 10.3. The van der Waals surface area contributed by atoms with E-state index in [1.54, 1.807) is 35.4 Å². The largest absolute Gasteiger partial charge is 0.304 e. The summed E-state index contributed by atoms with van der Waals surface area (Å²) in [5.74, 6) is 0.169. The van der Waals surface area contributed by atoms with Crippen molar-refractivity contribution in [3.63, 3.8) is 0 Å². The second-order valence-electron chi connectivity index (χ2n) is 3.55. The summed E-state index contributed by atoms with van der Waals surface area (Å²) in [6.07, 6.45) is 4.74. The number of amides is 1. The zero-order valence-electron chi connectivity index (χ0n) is 9.59. The molecule has 0 fully saturated rings. The number of aromatic nitrogens is 5. The number of nitrogens with one attached hydrogen (secondary N) is 1. The summed E-state index contributed by atoms with van der Waals surface area (Å²) >= 11 is 1.40. The van der Waals surface area contributed by atoms with Crippen LogP contribution in [0.3, 0.4) is 0 Å². The van der Waals surface area contributed by atoms with E-state index in [4.69, 9.17) is 0 Å². The van der Waals surface area contributed by atoms with Crippen LogP contribution in [0.4, 0.5) is 5.82 Å². The summed E-state index contributed by atoms with van der Waals surface area (Å²) in [6.45, 7) is 0. The molecule has 0 aliphatic rings. The third-order valence-electron chi connectivity index (χ3n) is 2.34. The number of nitrogens with zero attached hydrogens (tertiary/aromatic N) is 5. The number of hydrogen-bond acceptors (Lipinski definition) is 6. The molecule has 0 saturated carbocycles. The van der Waals surface area contributed by atoms with Crippen LogP contribution >= 0.6 is 11.3 Å². The molecule has 0 radical (unpaired) electrons. The van der Waals surface area contributed by atoms with Crippen molar-refractivity contribution >= 4 is 23.1 Å². The Morgan fingerprint density at radius 2 is 2.26 bits per heavy atom. The molecule has 7 nitrogen and oxygen atoms in total. The molecule has 1 N–H and O–H groups in total. The van der Waals surface area contributed by atoms with E-state index in [2.05, 4.69) is 25.6 Å². The first-order chi connectivity index (χ1) is 9.34. The Hall–Kier alpha value is -2.61. The van der Waals surface area contributed by atoms with Crippen LogP contribution in [-0.2, 0) is 0 Å². The predicted octanol–water partition coefficient (Wildman–Crippen LogP) is 1.37. The molecule has 0 aromatic carbocycles. The van der Waals surface area contributed by atoms with Crippen LogP contribution in [0.1, 0.15) is 10.5 Å². The topological polar surface area (TPSA) is 85.6 Å². The molecule has 0 atom stereocenters. The molecule has 3 rings (SSSR count). The summed E-state index contributed by atoms with van der Waals surface area (Å²) in [7, 11) is 0. The van der Waals surface area contributed by atoms with Crippen LogP contribution in [0.2, 0.25) is 0 Å². The Kier molecular flexibility index (Phi) is 2.99. The molecular weight excluding hydrogens is 264 g/mol. The van der Waals surface area contributed by atoms with E-state index in [0.29, 0.717) is 11.5 Å². The Morgan fingerprint density at radius 3 is 3.00 bits per heavy atom. The fourth-order valence-corrected chi connectivity index (χ4v) is 2.03. The van der Waals surface area contributed by atoms with Gasteiger partial charge < -0.3 is 5.32 Å². The highest BCUT2D eigenvalue weighted by Crippen LogP contribution is 2.13. The number of anilines is 1. The van der Waals surface area contributed by atoms with Gasteiger partial charge in [-0.2, -0.15) is 0 Å². The lowest BCUT2D eigenvalue weighted by molar-refractivity contribution is 0.102. The van der Waals surface area contributed by atoms with E-state index in [0.717, 1.165) is 0 Å². The first-order valence-corrected chi connectivity index (χ1v) is 6.30. The lowest BCUT2D eigenvalue weighted by Gasteiger charge is -2.06. The average molecular weight is 272 g/mol. The number of thiazole rings is 1. The van der Waals surface area contributed by atoms with Crippen molar-refractivity contribution in [3.8, 4) is 5.69 Å². The van der Waals surface area contributed by atoms with Crippen LogP contribution in [-0.4, -0.2) is 30.9 Å². The summed E-state index contributed by atoms with van der Waals surface area (Å²) in [5.41, 5.74) is 2.47. The summed E-state index contributed by atoms with van der Waals surface area (Å²) in [6, 6.07) is 3.48. The zero-order valence-corrected chi connectivity index (χ0v) is 10.4. The monoisotopic (exact) mass is 272 g/mol. The maximum absolute atomic E-state index is 12.2. The SMILES string of the molecule is O=C(Nc1cscn1)c1ncccc1-n1ccnn1. The van der Waals surface area contributed by atoms with Crippen molar-refractivity contribution in [3.05, 3.63) is 47.3 Å². The van der Waals surface area contributed by atoms with Crippen molar-refractivity contribution in [2.75, 3.05) is 5.32 Å². The predicted molar refractivity (Wildman–Crippen MR) is 69.2 cm³/mol. The zero-order chi connectivity index (χ0) is 13.1. The van der Waals surface area contributed by atoms with Crippen molar-refractivity contribution in [1.82, 2.24) is 25.0 Å². The highest BCUT2D eigenvalue weighted by Gasteiger charge is 2.15. The van der Waals surface area contributed by atoms with Gasteiger partial charge in [0.1, 0.15) is 5.82 Å². The highest BCUT2D eigenvalue weighted by molar-refractivity contribution is 7.07. The van der Waals surface area contributed by atoms with Crippen LogP contribution in [0.5, 0.6) is 0 Å². The quantitative estimate of drug-likeness (QED) is 0.778. The maximum Gasteiger partial charge on any atom is 0.277 e. The number of carbonyl (C=O) groups excluding carboxylic acids is 1. The third kappa shape index (κ3) is 2.33. The van der Waals surface area contributed by atoms with Gasteiger partial charge in [-0.3, -0.25) is 4.79 Å². The van der Waals surface area contributed by atoms with Crippen molar-refractivity contribution in [2.24, 2.45) is 0 Å². The first-order valence-electron chi connectivity index (χ1n) is 5.36. The van der Waals surface area contributed by atoms with Gasteiger partial charge in [0.25, 0.3) is 5.91 Å². The third-order valence-corrected chi connectivity index (χ3v) is 2.93. The lowest BCUT2D eigenvalue weighted by atomic mass is 10.3. The Balaban J connectivity index is 1.94. The average Bonchev–Trinajstić information content (AvgIpc) is 3.11. The number of rotatable bonds is 3. The number of pyridine rings is 1. The van der Waals surface area contributed by atoms with Gasteiger partial charge in [0.2, 0.25) is 0 Å². The van der Waals surface area contributed by atoms with Crippen LogP contribution in [0, 0.1) is 0 Å². The fourth-order valence-electron chi connectivity index (χ4n) is 1.54. The fraction of sp³-hybridized carbons (Fsp3) is 0. The van der Waals surface area contributed by atoms with E-state index >= 15 is 0 Å². The van der Waals surface area contributed by atoms with E-state index < -0.39 is 0 Å². The van der Waals surface area contributed by atoms with Crippen LogP contribution in [0.15, 0.2) is 41.6 Å². The maximum atomic E-state index is 12.2. The van der Waals surface area contributed by atoms with Crippen molar-refractivity contribution < 1.29 is 4.79 Å². The molecule has 3 aromatic heterocycles. The molecule has 8 heteroatoms. The van der Waals surface area contributed by atoms with E-state index in [-0.39, 0.29) is 11.6 Å². The van der Waals surface area contributed by atoms with Gasteiger partial charge in [-0.25, -0.2) is 14.6 Å². The Morgan fingerprint density at radius 1 is 1.32 bits per heavy atom. The van der Waals surface area contributed by atoms with Gasteiger partial charge in [0.05, 0.1) is 23.6 Å². The second kappa shape index (κ2) is 4.94. The molecule has 0 unspecified atom stereocenters. The molecule has 3 heterocycles. The molecule has 0 spiro atoms. The van der Waals surface area contributed by atoms with Gasteiger partial charge in [0.15, 0.2) is 5.69 Å². The molecule has 0 saturated heterocycles. The smallest absolute Gasteiger partial charge is 0.277 e. The molecule has 3 aromatic rings. The van der Waals surface area contributed by atoms with E-state index in [1.165, 1.54) is 22.2 Å². The van der Waals surface area contributed by atoms with Gasteiger partial charge >= 0.3 is 0 Å². The van der Waals surface area contributed by atoms with Gasteiger partial charge in [-0.05, 0) is 12.1 Å². The van der Waals surface area contributed by atoms with Gasteiger partial charge in [0, 0.05) is 11.6 Å². The molecule has 0 bridgehead atoms. The molecule has 1 amide bonds. The van der Waals surface area contributed by atoms with Gasteiger partial charge in [-0.15, -0.1) is 16.4 Å². The molecule has 0 aliphatic heterocycles. The van der Waals surface area contributed by atoms with Crippen LogP contribution in [0.25, 0.3) is 5.69 Å². The number of carbonyl (C=O) groups is 1.